The molecule has 3 nitrogen and oxygen atoms in total. The molecule has 1 aliphatic carbocycles. The van der Waals surface area contributed by atoms with Crippen LogP contribution >= 0.6 is 0 Å². The summed E-state index contributed by atoms with van der Waals surface area (Å²) in [5.41, 5.74) is 4.92. The van der Waals surface area contributed by atoms with Crippen LogP contribution in [-0.2, 0) is 9.53 Å². The molecule has 0 heterocycles. The minimum Gasteiger partial charge on any atom is -0.462 e. The van der Waals surface area contributed by atoms with E-state index in [1.54, 1.807) is 0 Å². The number of nitrogens with two attached hydrogens (primary N) is 1. The number of rotatable bonds is 2. The Bertz CT molecular complexity index is 125. The van der Waals surface area contributed by atoms with E-state index in [4.69, 9.17) is 5.73 Å². The molecule has 0 aromatic heterocycles. The van der Waals surface area contributed by atoms with Crippen molar-refractivity contribution >= 4 is 6.47 Å². The van der Waals surface area contributed by atoms with E-state index in [0.717, 1.165) is 12.5 Å². The minimum atomic E-state index is -0.318. The van der Waals surface area contributed by atoms with Gasteiger partial charge in [0, 0.05) is 0 Å². The van der Waals surface area contributed by atoms with Crippen molar-refractivity contribution in [1.82, 2.24) is 0 Å². The lowest BCUT2D eigenvalue weighted by Crippen LogP contribution is -2.17. The van der Waals surface area contributed by atoms with Gasteiger partial charge >= 0.3 is 0 Å². The highest BCUT2D eigenvalue weighted by molar-refractivity contribution is 5.37. The Kier molecular flexibility index (Phi) is 4.90. The van der Waals surface area contributed by atoms with Crippen molar-refractivity contribution in [3.05, 3.63) is 0 Å². The normalized spacial score (nSPS) is 16.0. The Morgan fingerprint density at radius 2 is 2.00 bits per heavy atom. The molecule has 0 amide bonds. The molecule has 3 heteroatoms. The Morgan fingerprint density at radius 3 is 2.00 bits per heavy atom. The first kappa shape index (κ1) is 11.4. The quantitative estimate of drug-likeness (QED) is 0.641. The first-order valence-electron chi connectivity index (χ1n) is 4.31. The minimum absolute atomic E-state index is 0.318. The average molecular weight is 173 g/mol. The summed E-state index contributed by atoms with van der Waals surface area (Å²) >= 11 is 0. The van der Waals surface area contributed by atoms with Crippen LogP contribution in [0.4, 0.5) is 0 Å². The maximum atomic E-state index is 9.60. The van der Waals surface area contributed by atoms with Gasteiger partial charge in [0.2, 0.25) is 0 Å². The van der Waals surface area contributed by atoms with Gasteiger partial charge in [-0.15, -0.1) is 0 Å². The molecule has 0 spiro atoms. The molecule has 2 N–H and O–H groups in total. The van der Waals surface area contributed by atoms with E-state index in [1.165, 1.54) is 12.8 Å². The van der Waals surface area contributed by atoms with Gasteiger partial charge in [-0.05, 0) is 46.1 Å². The molecule has 1 rings (SSSR count). The zero-order valence-corrected chi connectivity index (χ0v) is 8.17. The zero-order chi connectivity index (χ0) is 9.61. The predicted octanol–water partition coefficient (Wildman–Crippen LogP) is 1.31. The second-order valence-corrected chi connectivity index (χ2v) is 4.01. The molecular formula is C9H19NO2. The summed E-state index contributed by atoms with van der Waals surface area (Å²) in [6, 6.07) is 0. The smallest absolute Gasteiger partial charge is 0.293 e. The van der Waals surface area contributed by atoms with Crippen LogP contribution in [0.2, 0.25) is 0 Å². The molecule has 0 unspecified atom stereocenters. The number of hydrogen-bond acceptors (Lipinski definition) is 3. The van der Waals surface area contributed by atoms with Crippen LogP contribution in [0.3, 0.4) is 0 Å². The molecule has 0 aromatic carbocycles. The summed E-state index contributed by atoms with van der Waals surface area (Å²) in [5.74, 6) is 0.912. The van der Waals surface area contributed by atoms with E-state index in [-0.39, 0.29) is 5.60 Å². The van der Waals surface area contributed by atoms with Crippen LogP contribution in [0, 0.1) is 5.92 Å². The monoisotopic (exact) mass is 173 g/mol. The number of ether oxygens (including phenoxy) is 1. The molecule has 0 bridgehead atoms. The van der Waals surface area contributed by atoms with Crippen LogP contribution in [0.5, 0.6) is 0 Å². The van der Waals surface area contributed by atoms with Crippen LogP contribution in [0.15, 0.2) is 0 Å². The molecule has 1 fully saturated rings. The Morgan fingerprint density at radius 1 is 1.50 bits per heavy atom. The zero-order valence-electron chi connectivity index (χ0n) is 8.17. The Balaban J connectivity index is 0.000000211. The van der Waals surface area contributed by atoms with E-state index < -0.39 is 0 Å². The third-order valence-corrected chi connectivity index (χ3v) is 1.43. The molecule has 0 saturated heterocycles. The predicted molar refractivity (Wildman–Crippen MR) is 48.7 cm³/mol. The fraction of sp³-hybridized carbons (Fsp3) is 0.889. The van der Waals surface area contributed by atoms with Crippen LogP contribution in [0.1, 0.15) is 33.6 Å². The molecular weight excluding hydrogens is 154 g/mol. The third-order valence-electron chi connectivity index (χ3n) is 1.43. The highest BCUT2D eigenvalue weighted by Gasteiger charge is 2.17. The van der Waals surface area contributed by atoms with Crippen molar-refractivity contribution in [1.29, 1.82) is 0 Å². The second kappa shape index (κ2) is 5.14. The molecule has 0 atom stereocenters. The second-order valence-electron chi connectivity index (χ2n) is 4.01. The molecule has 1 aliphatic rings. The van der Waals surface area contributed by atoms with Crippen molar-refractivity contribution in [3.63, 3.8) is 0 Å². The van der Waals surface area contributed by atoms with Crippen molar-refractivity contribution < 1.29 is 9.53 Å². The molecule has 72 valence electrons. The SMILES string of the molecule is CC(C)(C)OC=O.NCC1CC1. The maximum Gasteiger partial charge on any atom is 0.293 e. The lowest BCUT2D eigenvalue weighted by Gasteiger charge is -2.14. The Labute approximate surface area is 74.3 Å². The number of carbonyl (C=O) groups is 1. The summed E-state index contributed by atoms with van der Waals surface area (Å²) < 4.78 is 4.55. The molecule has 0 radical (unpaired) electrons. The lowest BCUT2D eigenvalue weighted by molar-refractivity contribution is -0.138. The fourth-order valence-electron chi connectivity index (χ4n) is 0.498. The van der Waals surface area contributed by atoms with Gasteiger partial charge in [-0.3, -0.25) is 4.79 Å². The molecule has 12 heavy (non-hydrogen) atoms. The van der Waals surface area contributed by atoms with Crippen molar-refractivity contribution in [2.45, 2.75) is 39.2 Å². The first-order chi connectivity index (χ1) is 5.49. The van der Waals surface area contributed by atoms with Crippen molar-refractivity contribution in [2.75, 3.05) is 6.54 Å². The largest absolute Gasteiger partial charge is 0.462 e. The summed E-state index contributed by atoms with van der Waals surface area (Å²) in [5, 5.41) is 0. The van der Waals surface area contributed by atoms with Gasteiger partial charge in [0.25, 0.3) is 6.47 Å². The summed E-state index contributed by atoms with van der Waals surface area (Å²) in [6.07, 6.45) is 2.77. The molecule has 0 aliphatic heterocycles. The highest BCUT2D eigenvalue weighted by Crippen LogP contribution is 2.26. The van der Waals surface area contributed by atoms with E-state index in [9.17, 15) is 4.79 Å². The summed E-state index contributed by atoms with van der Waals surface area (Å²) in [6.45, 7) is 6.84. The summed E-state index contributed by atoms with van der Waals surface area (Å²) in [4.78, 5) is 9.60. The molecule has 1 saturated carbocycles. The topological polar surface area (TPSA) is 52.3 Å². The lowest BCUT2D eigenvalue weighted by atomic mass is 10.2. The van der Waals surface area contributed by atoms with Gasteiger partial charge in [-0.25, -0.2) is 0 Å². The number of carbonyl (C=O) groups excluding carboxylic acids is 1. The van der Waals surface area contributed by atoms with Crippen LogP contribution in [0.25, 0.3) is 0 Å². The molecule has 0 aromatic rings. The van der Waals surface area contributed by atoms with Gasteiger partial charge in [0.05, 0.1) is 0 Å². The van der Waals surface area contributed by atoms with Crippen molar-refractivity contribution in [2.24, 2.45) is 11.7 Å². The standard InChI is InChI=1S/C5H10O2.C4H9N/c1-5(2,3)7-4-6;5-3-4-1-2-4/h4H,1-3H3;4H,1-3,5H2. The van der Waals surface area contributed by atoms with E-state index in [0.29, 0.717) is 6.47 Å². The third kappa shape index (κ3) is 9.43. The van der Waals surface area contributed by atoms with Crippen LogP contribution < -0.4 is 5.73 Å². The fourth-order valence-corrected chi connectivity index (χ4v) is 0.498. The average Bonchev–Trinajstić information content (AvgIpc) is 2.66. The number of hydrogen-bond donors (Lipinski definition) is 1. The highest BCUT2D eigenvalue weighted by atomic mass is 16.5. The van der Waals surface area contributed by atoms with E-state index >= 15 is 0 Å². The van der Waals surface area contributed by atoms with Crippen molar-refractivity contribution in [3.8, 4) is 0 Å². The van der Waals surface area contributed by atoms with Gasteiger partial charge in [-0.2, -0.15) is 0 Å². The first-order valence-corrected chi connectivity index (χ1v) is 4.31. The van der Waals surface area contributed by atoms with E-state index in [1.807, 2.05) is 20.8 Å². The Hall–Kier alpha value is -0.570. The van der Waals surface area contributed by atoms with Gasteiger partial charge in [0.1, 0.15) is 5.60 Å². The van der Waals surface area contributed by atoms with E-state index in [2.05, 4.69) is 4.74 Å². The van der Waals surface area contributed by atoms with Gasteiger partial charge in [-0.1, -0.05) is 0 Å². The summed E-state index contributed by atoms with van der Waals surface area (Å²) in [7, 11) is 0. The van der Waals surface area contributed by atoms with Crippen LogP contribution in [-0.4, -0.2) is 18.6 Å². The maximum absolute atomic E-state index is 9.60. The van der Waals surface area contributed by atoms with Gasteiger partial charge in [0.15, 0.2) is 0 Å². The van der Waals surface area contributed by atoms with Gasteiger partial charge < -0.3 is 10.5 Å².